The zero-order valence-electron chi connectivity index (χ0n) is 15.0. The van der Waals surface area contributed by atoms with Gasteiger partial charge >= 0.3 is 5.97 Å². The summed E-state index contributed by atoms with van der Waals surface area (Å²) in [6.45, 7) is 1.39. The van der Waals surface area contributed by atoms with Crippen LogP contribution in [0.15, 0.2) is 24.3 Å². The molecule has 1 aromatic heterocycles. The van der Waals surface area contributed by atoms with Crippen molar-refractivity contribution in [2.75, 3.05) is 32.1 Å². The second-order valence-corrected chi connectivity index (χ2v) is 6.75. The molecule has 26 heavy (non-hydrogen) atoms. The van der Waals surface area contributed by atoms with Crippen molar-refractivity contribution >= 4 is 28.5 Å². The summed E-state index contributed by atoms with van der Waals surface area (Å²) in [5.74, 6) is -0.653. The molecule has 2 atom stereocenters. The Morgan fingerprint density at radius 3 is 2.92 bits per heavy atom. The molecular weight excluding hydrogens is 334 g/mol. The third-order valence-corrected chi connectivity index (χ3v) is 5.10. The molecule has 2 aromatic rings. The van der Waals surface area contributed by atoms with Crippen LogP contribution >= 0.6 is 0 Å². The van der Waals surface area contributed by atoms with E-state index in [2.05, 4.69) is 10.3 Å². The Hall–Kier alpha value is -2.38. The fourth-order valence-electron chi connectivity index (χ4n) is 3.80. The average molecular weight is 360 g/mol. The largest absolute Gasteiger partial charge is 0.464 e. The average Bonchev–Trinajstić information content (AvgIpc) is 3.01. The number of hydrogen-bond donors (Lipinski definition) is 4. The molecule has 0 saturated carbocycles. The van der Waals surface area contributed by atoms with Gasteiger partial charge in [-0.15, -0.1) is 0 Å². The topological polar surface area (TPSA) is 95.9 Å². The van der Waals surface area contributed by atoms with Crippen LogP contribution in [0, 0.1) is 0 Å². The Labute approximate surface area is 152 Å². The second-order valence-electron chi connectivity index (χ2n) is 6.75. The Morgan fingerprint density at radius 2 is 2.15 bits per heavy atom. The van der Waals surface area contributed by atoms with Gasteiger partial charge < -0.3 is 25.0 Å². The molecule has 0 spiro atoms. The molecule has 1 aliphatic rings. The number of aromatic amines is 1. The van der Waals surface area contributed by atoms with Gasteiger partial charge in [-0.1, -0.05) is 18.2 Å². The van der Waals surface area contributed by atoms with Gasteiger partial charge in [0, 0.05) is 23.9 Å². The highest BCUT2D eigenvalue weighted by atomic mass is 16.5. The lowest BCUT2D eigenvalue weighted by Crippen LogP contribution is -3.17. The number of esters is 1. The molecule has 1 unspecified atom stereocenters. The number of carbonyl (C=O) groups excluding carboxylic acids is 2. The van der Waals surface area contributed by atoms with Crippen molar-refractivity contribution in [2.24, 2.45) is 0 Å². The van der Waals surface area contributed by atoms with Crippen molar-refractivity contribution in [1.82, 2.24) is 4.98 Å². The fourth-order valence-corrected chi connectivity index (χ4v) is 3.80. The van der Waals surface area contributed by atoms with E-state index < -0.39 is 5.97 Å². The molecule has 1 fully saturated rings. The van der Waals surface area contributed by atoms with Gasteiger partial charge in [0.25, 0.3) is 5.91 Å². The summed E-state index contributed by atoms with van der Waals surface area (Å²) in [5.41, 5.74) is 1.49. The van der Waals surface area contributed by atoms with Crippen LogP contribution in [-0.4, -0.2) is 54.8 Å². The number of aromatic nitrogens is 1. The highest BCUT2D eigenvalue weighted by Crippen LogP contribution is 2.28. The molecule has 7 nitrogen and oxygen atoms in total. The molecular formula is C19H26N3O4+. The number of H-pyrrole nitrogens is 1. The highest BCUT2D eigenvalue weighted by Gasteiger charge is 2.28. The van der Waals surface area contributed by atoms with E-state index in [1.165, 1.54) is 12.0 Å². The smallest absolute Gasteiger partial charge is 0.356 e. The van der Waals surface area contributed by atoms with E-state index >= 15 is 0 Å². The molecule has 2 heterocycles. The van der Waals surface area contributed by atoms with E-state index in [9.17, 15) is 14.7 Å². The number of para-hydroxylation sites is 1. The summed E-state index contributed by atoms with van der Waals surface area (Å²) in [6.07, 6.45) is 3.97. The third kappa shape index (κ3) is 3.89. The number of hydrogen-bond acceptors (Lipinski definition) is 4. The maximum atomic E-state index is 12.7. The molecule has 140 valence electrons. The lowest BCUT2D eigenvalue weighted by molar-refractivity contribution is -0.923. The fraction of sp³-hybridized carbons (Fsp3) is 0.474. The van der Waals surface area contributed by atoms with Crippen LogP contribution in [0.5, 0.6) is 0 Å². The Morgan fingerprint density at radius 1 is 1.35 bits per heavy atom. The molecule has 4 N–H and O–H groups in total. The van der Waals surface area contributed by atoms with Crippen LogP contribution in [0.3, 0.4) is 0 Å². The van der Waals surface area contributed by atoms with Gasteiger partial charge in [0.2, 0.25) is 0 Å². The first-order valence-corrected chi connectivity index (χ1v) is 9.08. The zero-order chi connectivity index (χ0) is 18.5. The van der Waals surface area contributed by atoms with Gasteiger partial charge in [-0.2, -0.15) is 0 Å². The summed E-state index contributed by atoms with van der Waals surface area (Å²) < 4.78 is 4.83. The number of benzene rings is 1. The van der Waals surface area contributed by atoms with E-state index in [0.717, 1.165) is 36.7 Å². The first-order valence-electron chi connectivity index (χ1n) is 9.08. The SMILES string of the molecule is COC(=O)c1[nH]c2ccccc2c1NC(=O)C[NH+]1CCCC[C@H]1CCO. The molecule has 1 saturated heterocycles. The number of likely N-dealkylation sites (tertiary alicyclic amines) is 1. The number of rotatable bonds is 6. The standard InChI is InChI=1S/C19H25N3O4/c1-26-19(25)18-17(14-7-2-3-8-15(14)20-18)21-16(24)12-22-10-5-4-6-13(22)9-11-23/h2-3,7-8,13,20,23H,4-6,9-12H2,1H3,(H,21,24)/p+1/t13-/m0/s1. The summed E-state index contributed by atoms with van der Waals surface area (Å²) in [5, 5.41) is 12.9. The summed E-state index contributed by atoms with van der Waals surface area (Å²) in [4.78, 5) is 29.0. The zero-order valence-corrected chi connectivity index (χ0v) is 15.0. The number of fused-ring (bicyclic) bond motifs is 1. The van der Waals surface area contributed by atoms with E-state index in [1.54, 1.807) is 0 Å². The summed E-state index contributed by atoms with van der Waals surface area (Å²) in [7, 11) is 1.32. The number of piperidine rings is 1. The highest BCUT2D eigenvalue weighted by molar-refractivity contribution is 6.11. The lowest BCUT2D eigenvalue weighted by Gasteiger charge is -2.31. The molecule has 1 amide bonds. The molecule has 0 bridgehead atoms. The second kappa shape index (κ2) is 8.33. The molecule has 7 heteroatoms. The predicted octanol–water partition coefficient (Wildman–Crippen LogP) is 0.713. The van der Waals surface area contributed by atoms with Crippen LogP contribution in [0.25, 0.3) is 10.9 Å². The Bertz CT molecular complexity index is 784. The Kier molecular flexibility index (Phi) is 5.90. The van der Waals surface area contributed by atoms with Gasteiger partial charge in [0.15, 0.2) is 6.54 Å². The molecule has 1 aromatic carbocycles. The van der Waals surface area contributed by atoms with Crippen LogP contribution in [-0.2, 0) is 9.53 Å². The first kappa shape index (κ1) is 18.4. The maximum Gasteiger partial charge on any atom is 0.356 e. The van der Waals surface area contributed by atoms with Gasteiger partial charge in [-0.05, 0) is 25.3 Å². The number of anilines is 1. The van der Waals surface area contributed by atoms with Crippen molar-refractivity contribution in [2.45, 2.75) is 31.7 Å². The predicted molar refractivity (Wildman–Crippen MR) is 98.3 cm³/mol. The lowest BCUT2D eigenvalue weighted by atomic mass is 9.99. The number of ether oxygens (including phenoxy) is 1. The summed E-state index contributed by atoms with van der Waals surface area (Å²) in [6, 6.07) is 7.74. The van der Waals surface area contributed by atoms with Crippen molar-refractivity contribution in [3.05, 3.63) is 30.0 Å². The van der Waals surface area contributed by atoms with Gasteiger partial charge in [-0.3, -0.25) is 4.79 Å². The number of aliphatic hydroxyl groups excluding tert-OH is 1. The monoisotopic (exact) mass is 360 g/mol. The van der Waals surface area contributed by atoms with Crippen molar-refractivity contribution in [3.63, 3.8) is 0 Å². The number of amides is 1. The number of aliphatic hydroxyl groups is 1. The third-order valence-electron chi connectivity index (χ3n) is 5.10. The van der Waals surface area contributed by atoms with E-state index in [4.69, 9.17) is 4.74 Å². The van der Waals surface area contributed by atoms with E-state index in [-0.39, 0.29) is 18.2 Å². The normalized spacial score (nSPS) is 20.1. The maximum absolute atomic E-state index is 12.7. The molecule has 0 radical (unpaired) electrons. The van der Waals surface area contributed by atoms with Crippen LogP contribution in [0.4, 0.5) is 5.69 Å². The van der Waals surface area contributed by atoms with Gasteiger partial charge in [-0.25, -0.2) is 4.79 Å². The van der Waals surface area contributed by atoms with Gasteiger partial charge in [0.1, 0.15) is 5.69 Å². The number of carbonyl (C=O) groups is 2. The molecule has 1 aliphatic heterocycles. The molecule has 3 rings (SSSR count). The number of quaternary nitrogens is 1. The van der Waals surface area contributed by atoms with Crippen LogP contribution in [0.2, 0.25) is 0 Å². The van der Waals surface area contributed by atoms with Crippen molar-refractivity contribution in [3.8, 4) is 0 Å². The summed E-state index contributed by atoms with van der Waals surface area (Å²) >= 11 is 0. The minimum atomic E-state index is -0.514. The first-order chi connectivity index (χ1) is 12.6. The quantitative estimate of drug-likeness (QED) is 0.571. The van der Waals surface area contributed by atoms with Crippen LogP contribution in [0.1, 0.15) is 36.2 Å². The van der Waals surface area contributed by atoms with Crippen LogP contribution < -0.4 is 10.2 Å². The number of nitrogens with one attached hydrogen (secondary N) is 3. The Balaban J connectivity index is 1.79. The van der Waals surface area contributed by atoms with E-state index in [1.807, 2.05) is 24.3 Å². The number of methoxy groups -OCH3 is 1. The van der Waals surface area contributed by atoms with E-state index in [0.29, 0.717) is 24.7 Å². The minimum Gasteiger partial charge on any atom is -0.464 e. The minimum absolute atomic E-state index is 0.139. The molecule has 0 aliphatic carbocycles. The van der Waals surface area contributed by atoms with Crippen molar-refractivity contribution < 1.29 is 24.3 Å². The van der Waals surface area contributed by atoms with Crippen molar-refractivity contribution in [1.29, 1.82) is 0 Å². The van der Waals surface area contributed by atoms with Gasteiger partial charge in [0.05, 0.1) is 25.4 Å².